The van der Waals surface area contributed by atoms with Crippen molar-refractivity contribution in [2.45, 2.75) is 62.7 Å². The van der Waals surface area contributed by atoms with Gasteiger partial charge in [-0.1, -0.05) is 30.3 Å². The molecule has 2 aliphatic rings. The number of ether oxygens (including phenoxy) is 6. The molecule has 0 aliphatic carbocycles. The topological polar surface area (TPSA) is 95.8 Å². The number of fused-ring (bicyclic) bond motifs is 1. The van der Waals surface area contributed by atoms with E-state index in [1.807, 2.05) is 30.3 Å². The molecule has 1 unspecified atom stereocenters. The minimum absolute atomic E-state index is 0.275. The first-order valence-electron chi connectivity index (χ1n) is 8.93. The van der Waals surface area contributed by atoms with Crippen molar-refractivity contribution in [3.8, 4) is 0 Å². The SMILES string of the molecule is CO[C@]1(C)OC2[C@H](OCc3ccccc3)O[C@H](CO)[C@H](O)[C@@H]2O[C@@]1(C)OC. The van der Waals surface area contributed by atoms with Crippen molar-refractivity contribution >= 4 is 0 Å². The number of benzene rings is 1. The Labute approximate surface area is 158 Å². The molecule has 0 amide bonds. The normalized spacial score (nSPS) is 41.9. The highest BCUT2D eigenvalue weighted by Gasteiger charge is 2.62. The molecule has 2 heterocycles. The molecule has 0 spiro atoms. The van der Waals surface area contributed by atoms with Gasteiger partial charge in [-0.25, -0.2) is 0 Å². The molecule has 1 aromatic carbocycles. The van der Waals surface area contributed by atoms with E-state index in [2.05, 4.69) is 0 Å². The Kier molecular flexibility index (Phi) is 6.19. The Hall–Kier alpha value is -1.10. The largest absolute Gasteiger partial charge is 0.394 e. The van der Waals surface area contributed by atoms with Crippen molar-refractivity contribution in [3.05, 3.63) is 35.9 Å². The summed E-state index contributed by atoms with van der Waals surface area (Å²) in [4.78, 5) is 0. The molecule has 2 N–H and O–H groups in total. The molecule has 7 atom stereocenters. The van der Waals surface area contributed by atoms with Crippen LogP contribution in [0.2, 0.25) is 0 Å². The summed E-state index contributed by atoms with van der Waals surface area (Å²) in [5.74, 6) is -2.53. The van der Waals surface area contributed by atoms with Crippen molar-refractivity contribution in [2.75, 3.05) is 20.8 Å². The molecule has 0 bridgehead atoms. The van der Waals surface area contributed by atoms with Gasteiger partial charge in [0.05, 0.1) is 13.2 Å². The van der Waals surface area contributed by atoms with Gasteiger partial charge in [0.25, 0.3) is 0 Å². The molecule has 0 saturated carbocycles. The number of methoxy groups -OCH3 is 2. The number of aliphatic hydroxyl groups is 2. The lowest BCUT2D eigenvalue weighted by Crippen LogP contribution is -2.73. The van der Waals surface area contributed by atoms with Gasteiger partial charge in [-0.15, -0.1) is 0 Å². The Morgan fingerprint density at radius 3 is 2.15 bits per heavy atom. The lowest BCUT2D eigenvalue weighted by molar-refractivity contribution is -0.484. The average Bonchev–Trinajstić information content (AvgIpc) is 2.70. The molecule has 2 saturated heterocycles. The van der Waals surface area contributed by atoms with Crippen LogP contribution < -0.4 is 0 Å². The zero-order valence-corrected chi connectivity index (χ0v) is 16.0. The summed E-state index contributed by atoms with van der Waals surface area (Å²) >= 11 is 0. The zero-order chi connectivity index (χ0) is 19.7. The molecular weight excluding hydrogens is 356 g/mol. The third kappa shape index (κ3) is 3.76. The van der Waals surface area contributed by atoms with Crippen LogP contribution in [-0.2, 0) is 35.0 Å². The smallest absolute Gasteiger partial charge is 0.220 e. The van der Waals surface area contributed by atoms with Crippen LogP contribution in [0.3, 0.4) is 0 Å². The van der Waals surface area contributed by atoms with E-state index in [0.29, 0.717) is 0 Å². The van der Waals surface area contributed by atoms with Gasteiger partial charge >= 0.3 is 0 Å². The van der Waals surface area contributed by atoms with Crippen LogP contribution in [0, 0.1) is 0 Å². The first kappa shape index (κ1) is 20.6. The lowest BCUT2D eigenvalue weighted by Gasteiger charge is -2.56. The summed E-state index contributed by atoms with van der Waals surface area (Å²) in [6, 6.07) is 9.60. The van der Waals surface area contributed by atoms with E-state index >= 15 is 0 Å². The van der Waals surface area contributed by atoms with Crippen LogP contribution in [0.4, 0.5) is 0 Å². The highest BCUT2D eigenvalue weighted by molar-refractivity contribution is 5.13. The molecule has 8 heteroatoms. The number of hydrogen-bond acceptors (Lipinski definition) is 8. The standard InChI is InChI=1S/C19H28O8/c1-18(22-3)19(2,23-4)27-16-15(26-18)14(21)13(10-20)25-17(16)24-11-12-8-6-5-7-9-12/h5-9,13-17,20-21H,10-11H2,1-4H3/t13-,14+,15+,16?,17-,18-,19-/m1/s1. The number of hydrogen-bond donors (Lipinski definition) is 2. The van der Waals surface area contributed by atoms with E-state index < -0.39 is 42.3 Å². The van der Waals surface area contributed by atoms with Crippen molar-refractivity contribution in [1.82, 2.24) is 0 Å². The predicted octanol–water partition coefficient (Wildman–Crippen LogP) is 0.790. The summed E-state index contributed by atoms with van der Waals surface area (Å²) in [6.45, 7) is 3.25. The van der Waals surface area contributed by atoms with Gasteiger partial charge in [-0.2, -0.15) is 0 Å². The highest BCUT2D eigenvalue weighted by Crippen LogP contribution is 2.43. The fourth-order valence-electron chi connectivity index (χ4n) is 3.39. The fourth-order valence-corrected chi connectivity index (χ4v) is 3.39. The van der Waals surface area contributed by atoms with Crippen LogP contribution in [-0.4, -0.2) is 73.3 Å². The molecule has 1 aromatic rings. The van der Waals surface area contributed by atoms with E-state index in [4.69, 9.17) is 28.4 Å². The molecule has 2 aliphatic heterocycles. The maximum Gasteiger partial charge on any atom is 0.220 e. The van der Waals surface area contributed by atoms with Crippen LogP contribution in [0.15, 0.2) is 30.3 Å². The van der Waals surface area contributed by atoms with Crippen molar-refractivity contribution in [2.24, 2.45) is 0 Å². The molecule has 0 radical (unpaired) electrons. The van der Waals surface area contributed by atoms with Crippen LogP contribution in [0.5, 0.6) is 0 Å². The molecule has 0 aromatic heterocycles. The van der Waals surface area contributed by atoms with Crippen LogP contribution >= 0.6 is 0 Å². The monoisotopic (exact) mass is 384 g/mol. The van der Waals surface area contributed by atoms with Gasteiger partial charge in [-0.05, 0) is 19.4 Å². The second-order valence-corrected chi connectivity index (χ2v) is 6.98. The van der Waals surface area contributed by atoms with E-state index in [-0.39, 0.29) is 13.2 Å². The van der Waals surface area contributed by atoms with Gasteiger partial charge < -0.3 is 38.6 Å². The first-order valence-corrected chi connectivity index (χ1v) is 8.93. The number of rotatable bonds is 6. The van der Waals surface area contributed by atoms with Crippen LogP contribution in [0.25, 0.3) is 0 Å². The minimum Gasteiger partial charge on any atom is -0.394 e. The fraction of sp³-hybridized carbons (Fsp3) is 0.684. The van der Waals surface area contributed by atoms with Crippen molar-refractivity contribution in [3.63, 3.8) is 0 Å². The predicted molar refractivity (Wildman–Crippen MR) is 93.6 cm³/mol. The Morgan fingerprint density at radius 1 is 1.00 bits per heavy atom. The molecule has 2 fully saturated rings. The molecule has 152 valence electrons. The Morgan fingerprint density at radius 2 is 1.59 bits per heavy atom. The second-order valence-electron chi connectivity index (χ2n) is 6.98. The Bertz CT molecular complexity index is 613. The number of aliphatic hydroxyl groups excluding tert-OH is 2. The second kappa shape index (κ2) is 8.10. The van der Waals surface area contributed by atoms with Crippen LogP contribution in [0.1, 0.15) is 19.4 Å². The first-order chi connectivity index (χ1) is 12.9. The lowest BCUT2D eigenvalue weighted by atomic mass is 9.94. The van der Waals surface area contributed by atoms with Crippen molar-refractivity contribution in [1.29, 1.82) is 0 Å². The van der Waals surface area contributed by atoms with Gasteiger partial charge in [0.1, 0.15) is 24.4 Å². The van der Waals surface area contributed by atoms with Gasteiger partial charge in [0.15, 0.2) is 6.29 Å². The summed E-state index contributed by atoms with van der Waals surface area (Å²) < 4.78 is 34.9. The molecular formula is C19H28O8. The van der Waals surface area contributed by atoms with E-state index in [0.717, 1.165) is 5.56 Å². The van der Waals surface area contributed by atoms with Gasteiger partial charge in [-0.3, -0.25) is 0 Å². The highest BCUT2D eigenvalue weighted by atomic mass is 16.8. The molecule has 8 nitrogen and oxygen atoms in total. The average molecular weight is 384 g/mol. The zero-order valence-electron chi connectivity index (χ0n) is 16.0. The third-order valence-electron chi connectivity index (χ3n) is 5.38. The quantitative estimate of drug-likeness (QED) is 0.743. The van der Waals surface area contributed by atoms with E-state index in [9.17, 15) is 10.2 Å². The van der Waals surface area contributed by atoms with E-state index in [1.54, 1.807) is 13.8 Å². The van der Waals surface area contributed by atoms with Gasteiger partial charge in [0.2, 0.25) is 11.6 Å². The summed E-state index contributed by atoms with van der Waals surface area (Å²) in [5, 5.41) is 20.2. The summed E-state index contributed by atoms with van der Waals surface area (Å²) in [5.41, 5.74) is 0.956. The maximum atomic E-state index is 10.6. The maximum absolute atomic E-state index is 10.6. The Balaban J connectivity index is 1.83. The summed E-state index contributed by atoms with van der Waals surface area (Å²) in [7, 11) is 2.96. The van der Waals surface area contributed by atoms with E-state index in [1.165, 1.54) is 14.2 Å². The molecule has 3 rings (SSSR count). The van der Waals surface area contributed by atoms with Crippen molar-refractivity contribution < 1.29 is 38.6 Å². The van der Waals surface area contributed by atoms with Gasteiger partial charge in [0, 0.05) is 14.2 Å². The third-order valence-corrected chi connectivity index (χ3v) is 5.38. The summed E-state index contributed by atoms with van der Waals surface area (Å²) in [6.07, 6.45) is -4.47. The molecule has 27 heavy (non-hydrogen) atoms. The minimum atomic E-state index is -1.27.